The molecule has 0 aromatic heterocycles. The van der Waals surface area contributed by atoms with Crippen molar-refractivity contribution >= 4 is 5.97 Å². The summed E-state index contributed by atoms with van der Waals surface area (Å²) >= 11 is 0. The van der Waals surface area contributed by atoms with Gasteiger partial charge in [0.2, 0.25) is 0 Å². The van der Waals surface area contributed by atoms with Crippen LogP contribution in [0.2, 0.25) is 0 Å². The molecule has 18 atom stereocenters. The highest BCUT2D eigenvalue weighted by atomic mass is 16.7. The lowest BCUT2D eigenvalue weighted by Gasteiger charge is -2.53. The van der Waals surface area contributed by atoms with Crippen molar-refractivity contribution in [2.24, 2.45) is 17.8 Å². The average molecular weight is 806 g/mol. The van der Waals surface area contributed by atoms with E-state index in [9.17, 15) is 30.3 Å². The molecule has 0 amide bonds. The zero-order valence-electron chi connectivity index (χ0n) is 36.8. The minimum Gasteiger partial charge on any atom is -0.459 e. The maximum atomic E-state index is 14.3. The number of ether oxygens (including phenoxy) is 6. The molecular formula is C41H79N3O12. The largest absolute Gasteiger partial charge is 0.459 e. The first-order chi connectivity index (χ1) is 25.9. The summed E-state index contributed by atoms with van der Waals surface area (Å²) in [5.74, 6) is -2.66. The monoisotopic (exact) mass is 806 g/mol. The predicted octanol–water partition coefficient (Wildman–Crippen LogP) is 1.93. The highest BCUT2D eigenvalue weighted by molar-refractivity contribution is 5.73. The standard InChI is InChI=1S/C41H79N3O12/c1-15-17-42-22-41(50)28(8)53-31(20-39(41,10)51-14)55-33-25(5)35(56-37-32(45)29(44(12)13)18-24(4)52-37)38(9,48)19-23(3)21-43-27(7)34(46)40(11,49)30(16-2)54-36(47)26(33)6/h23-35,37,42-43,45-46,48-50H,15-22H2,1-14H3/t23-,24?,25?,26?,27-,28?,29?,30-,31+,32-,33+,34-,35-,37?,38-,39-,40-,41+/m1/s1. The molecule has 0 radical (unpaired) electrons. The third-order valence-corrected chi connectivity index (χ3v) is 13.0. The molecule has 15 heteroatoms. The van der Waals surface area contributed by atoms with Crippen LogP contribution >= 0.6 is 0 Å². The van der Waals surface area contributed by atoms with Gasteiger partial charge in [0.15, 0.2) is 12.6 Å². The number of esters is 1. The molecule has 56 heavy (non-hydrogen) atoms. The van der Waals surface area contributed by atoms with Gasteiger partial charge in [-0.2, -0.15) is 0 Å². The number of carbonyl (C=O) groups excluding carboxylic acids is 1. The second-order valence-electron chi connectivity index (χ2n) is 18.2. The van der Waals surface area contributed by atoms with E-state index in [1.807, 2.05) is 53.6 Å². The van der Waals surface area contributed by atoms with Crippen LogP contribution in [0.15, 0.2) is 0 Å². The summed E-state index contributed by atoms with van der Waals surface area (Å²) in [5, 5.41) is 65.8. The molecule has 3 heterocycles. The molecule has 3 fully saturated rings. The van der Waals surface area contributed by atoms with Crippen LogP contribution < -0.4 is 10.6 Å². The highest BCUT2D eigenvalue weighted by Crippen LogP contribution is 2.43. The fourth-order valence-corrected chi connectivity index (χ4v) is 9.21. The van der Waals surface area contributed by atoms with Gasteiger partial charge in [0.1, 0.15) is 35.1 Å². The van der Waals surface area contributed by atoms with Crippen molar-refractivity contribution in [2.45, 2.75) is 198 Å². The minimum absolute atomic E-state index is 0.0939. The molecule has 15 nitrogen and oxygen atoms in total. The highest BCUT2D eigenvalue weighted by Gasteiger charge is 2.58. The second kappa shape index (κ2) is 20.0. The van der Waals surface area contributed by atoms with Gasteiger partial charge in [0.05, 0.1) is 35.9 Å². The van der Waals surface area contributed by atoms with Gasteiger partial charge in [-0.15, -0.1) is 0 Å². The van der Waals surface area contributed by atoms with Gasteiger partial charge in [-0.1, -0.05) is 27.7 Å². The predicted molar refractivity (Wildman–Crippen MR) is 212 cm³/mol. The summed E-state index contributed by atoms with van der Waals surface area (Å²) in [4.78, 5) is 16.2. The number of rotatable bonds is 11. The summed E-state index contributed by atoms with van der Waals surface area (Å²) in [6.45, 7) is 20.9. The van der Waals surface area contributed by atoms with E-state index in [4.69, 9.17) is 28.4 Å². The third kappa shape index (κ3) is 11.0. The topological polar surface area (TPSA) is 201 Å². The molecule has 330 valence electrons. The number of nitrogens with one attached hydrogen (secondary N) is 2. The summed E-state index contributed by atoms with van der Waals surface area (Å²) in [6, 6.07) is -0.877. The van der Waals surface area contributed by atoms with Crippen molar-refractivity contribution in [3.05, 3.63) is 0 Å². The zero-order valence-corrected chi connectivity index (χ0v) is 36.8. The van der Waals surface area contributed by atoms with Crippen LogP contribution in [-0.4, -0.2) is 167 Å². The molecule has 0 aromatic rings. The first-order valence-electron chi connectivity index (χ1n) is 20.9. The van der Waals surface area contributed by atoms with Gasteiger partial charge in [0.25, 0.3) is 0 Å². The Bertz CT molecular complexity index is 1230. The maximum absolute atomic E-state index is 14.3. The Labute approximate surface area is 336 Å². The number of nitrogens with zero attached hydrogens (tertiary/aromatic N) is 1. The lowest BCUT2D eigenvalue weighted by Crippen LogP contribution is -2.70. The van der Waals surface area contributed by atoms with Crippen LogP contribution in [0.25, 0.3) is 0 Å². The Balaban J connectivity index is 2.16. The molecule has 7 N–H and O–H groups in total. The van der Waals surface area contributed by atoms with E-state index in [1.165, 1.54) is 14.0 Å². The smallest absolute Gasteiger partial charge is 0.311 e. The molecular weight excluding hydrogens is 726 g/mol. The number of aliphatic hydroxyl groups is 5. The molecule has 0 aromatic carbocycles. The number of methoxy groups -OCH3 is 1. The molecule has 3 rings (SSSR count). The molecule has 6 unspecified atom stereocenters. The summed E-state index contributed by atoms with van der Waals surface area (Å²) in [6.07, 6.45) is -6.71. The van der Waals surface area contributed by atoms with E-state index in [1.54, 1.807) is 34.6 Å². The van der Waals surface area contributed by atoms with Crippen molar-refractivity contribution in [2.75, 3.05) is 40.8 Å². The van der Waals surface area contributed by atoms with E-state index >= 15 is 0 Å². The molecule has 0 saturated carbocycles. The van der Waals surface area contributed by atoms with Crippen molar-refractivity contribution in [1.29, 1.82) is 0 Å². The molecule has 0 bridgehead atoms. The molecule has 0 aliphatic carbocycles. The van der Waals surface area contributed by atoms with Crippen molar-refractivity contribution in [3.8, 4) is 0 Å². The summed E-state index contributed by atoms with van der Waals surface area (Å²) in [7, 11) is 5.31. The number of aliphatic hydroxyl groups excluding tert-OH is 2. The van der Waals surface area contributed by atoms with E-state index in [-0.39, 0.29) is 43.9 Å². The van der Waals surface area contributed by atoms with Crippen LogP contribution in [0.3, 0.4) is 0 Å². The Hall–Kier alpha value is -1.05. The number of carbonyl (C=O) groups is 1. The second-order valence-corrected chi connectivity index (χ2v) is 18.2. The van der Waals surface area contributed by atoms with E-state index in [2.05, 4.69) is 10.6 Å². The Morgan fingerprint density at radius 1 is 0.964 bits per heavy atom. The third-order valence-electron chi connectivity index (χ3n) is 13.0. The van der Waals surface area contributed by atoms with Gasteiger partial charge in [-0.3, -0.25) is 4.79 Å². The zero-order chi connectivity index (χ0) is 42.6. The quantitative estimate of drug-likeness (QED) is 0.118. The Morgan fingerprint density at radius 3 is 2.18 bits per heavy atom. The number of cyclic esters (lactones) is 1. The first kappa shape index (κ1) is 49.3. The van der Waals surface area contributed by atoms with Crippen LogP contribution in [0.5, 0.6) is 0 Å². The maximum Gasteiger partial charge on any atom is 0.311 e. The van der Waals surface area contributed by atoms with Crippen LogP contribution in [-0.2, 0) is 33.2 Å². The minimum atomic E-state index is -1.81. The fourth-order valence-electron chi connectivity index (χ4n) is 9.21. The molecule has 0 spiro atoms. The Kier molecular flexibility index (Phi) is 17.6. The normalized spacial score (nSPS) is 47.9. The van der Waals surface area contributed by atoms with Gasteiger partial charge < -0.3 is 69.5 Å². The van der Waals surface area contributed by atoms with Crippen molar-refractivity contribution < 1.29 is 58.7 Å². The summed E-state index contributed by atoms with van der Waals surface area (Å²) < 4.78 is 38.3. The van der Waals surface area contributed by atoms with Crippen LogP contribution in [0.4, 0.5) is 0 Å². The van der Waals surface area contributed by atoms with E-state index in [0.717, 1.165) is 6.42 Å². The number of hydrogen-bond acceptors (Lipinski definition) is 15. The van der Waals surface area contributed by atoms with E-state index in [0.29, 0.717) is 19.5 Å². The number of hydrogen-bond donors (Lipinski definition) is 7. The van der Waals surface area contributed by atoms with Crippen molar-refractivity contribution in [3.63, 3.8) is 0 Å². The molecule has 3 aliphatic rings. The van der Waals surface area contributed by atoms with Gasteiger partial charge in [-0.25, -0.2) is 0 Å². The van der Waals surface area contributed by atoms with Crippen LogP contribution in [0, 0.1) is 17.8 Å². The van der Waals surface area contributed by atoms with Crippen LogP contribution in [0.1, 0.15) is 108 Å². The lowest BCUT2D eigenvalue weighted by atomic mass is 9.75. The van der Waals surface area contributed by atoms with E-state index < -0.39 is 95.5 Å². The number of likely N-dealkylation sites (N-methyl/N-ethyl adjacent to an activating group) is 1. The Morgan fingerprint density at radius 2 is 1.61 bits per heavy atom. The summed E-state index contributed by atoms with van der Waals surface area (Å²) in [5.41, 5.74) is -5.95. The lowest BCUT2D eigenvalue weighted by molar-refractivity contribution is -0.336. The molecule has 3 aliphatic heterocycles. The average Bonchev–Trinajstić information content (AvgIpc) is 3.12. The van der Waals surface area contributed by atoms with Crippen molar-refractivity contribution in [1.82, 2.24) is 15.5 Å². The van der Waals surface area contributed by atoms with Gasteiger partial charge in [-0.05, 0) is 107 Å². The first-order valence-corrected chi connectivity index (χ1v) is 20.9. The van der Waals surface area contributed by atoms with Gasteiger partial charge >= 0.3 is 5.97 Å². The molecule has 3 saturated heterocycles. The SMILES string of the molecule is CCCNC[C@]1(O)C(C)O[C@@H](O[C@@H]2C(C)C(=O)O[C@H](CC)[C@@](C)(O)[C@H](O)[C@@H](C)NC[C@H](C)C[C@@](C)(O)[C@H](OC3OC(C)CC(N(C)C)[C@H]3O)C2C)C[C@@]1(C)OC. The van der Waals surface area contributed by atoms with Gasteiger partial charge in [0, 0.05) is 38.1 Å². The fraction of sp³-hybridized carbons (Fsp3) is 0.976.